The van der Waals surface area contributed by atoms with Crippen molar-refractivity contribution in [3.63, 3.8) is 0 Å². The molecule has 20 heavy (non-hydrogen) atoms. The monoisotopic (exact) mass is 296 g/mol. The van der Waals surface area contributed by atoms with E-state index in [-0.39, 0.29) is 22.1 Å². The first-order chi connectivity index (χ1) is 9.36. The number of fused-ring (bicyclic) bond motifs is 1. The molecule has 0 fully saturated rings. The normalized spacial score (nSPS) is 15.2. The summed E-state index contributed by atoms with van der Waals surface area (Å²) < 4.78 is 33.9. The molecule has 5 nitrogen and oxygen atoms in total. The van der Waals surface area contributed by atoms with Crippen LogP contribution in [-0.4, -0.2) is 28.1 Å². The number of methoxy groups -OCH3 is 1. The van der Waals surface area contributed by atoms with Crippen LogP contribution in [-0.2, 0) is 14.6 Å². The van der Waals surface area contributed by atoms with Crippen LogP contribution < -0.4 is 4.74 Å². The predicted molar refractivity (Wildman–Crippen MR) is 74.3 cm³/mol. The number of hydrogen-bond donors (Lipinski definition) is 0. The lowest BCUT2D eigenvalue weighted by Crippen LogP contribution is -2.12. The Morgan fingerprint density at radius 3 is 2.60 bits per heavy atom. The van der Waals surface area contributed by atoms with E-state index in [1.807, 2.05) is 13.8 Å². The zero-order chi connectivity index (χ0) is 14.9. The summed E-state index contributed by atoms with van der Waals surface area (Å²) in [5, 5.41) is 1.10. The van der Waals surface area contributed by atoms with Gasteiger partial charge >= 0.3 is 5.97 Å². The number of carbonyl (C=O) groups excluding carboxylic acids is 1. The van der Waals surface area contributed by atoms with Crippen molar-refractivity contribution in [2.45, 2.75) is 18.7 Å². The van der Waals surface area contributed by atoms with Gasteiger partial charge in [0.15, 0.2) is 0 Å². The first kappa shape index (κ1) is 14.6. The molecular formula is C14H16O5S. The zero-order valence-electron chi connectivity index (χ0n) is 11.5. The second kappa shape index (κ2) is 5.28. The predicted octanol–water partition coefficient (Wildman–Crippen LogP) is 2.27. The Labute approximate surface area is 118 Å². The van der Waals surface area contributed by atoms with Crippen LogP contribution in [0.1, 0.15) is 29.8 Å². The van der Waals surface area contributed by atoms with E-state index in [2.05, 4.69) is 0 Å². The number of rotatable bonds is 4. The Kier molecular flexibility index (Phi) is 3.85. The van der Waals surface area contributed by atoms with Crippen molar-refractivity contribution in [2.24, 2.45) is 5.92 Å². The van der Waals surface area contributed by atoms with E-state index in [1.165, 1.54) is 25.3 Å². The van der Waals surface area contributed by atoms with Gasteiger partial charge in [0.05, 0.1) is 18.6 Å². The highest BCUT2D eigenvalue weighted by atomic mass is 32.2. The molecule has 0 N–H and O–H groups in total. The van der Waals surface area contributed by atoms with Crippen molar-refractivity contribution in [2.75, 3.05) is 13.7 Å². The Hall–Kier alpha value is -1.82. The van der Waals surface area contributed by atoms with Gasteiger partial charge in [-0.15, -0.1) is 0 Å². The zero-order valence-corrected chi connectivity index (χ0v) is 12.4. The smallest absolute Gasteiger partial charge is 0.341 e. The molecule has 0 spiro atoms. The minimum atomic E-state index is -3.42. The van der Waals surface area contributed by atoms with Gasteiger partial charge in [0.25, 0.3) is 0 Å². The minimum Gasteiger partial charge on any atom is -0.495 e. The van der Waals surface area contributed by atoms with Gasteiger partial charge < -0.3 is 9.47 Å². The molecule has 0 atom stereocenters. The first-order valence-corrected chi connectivity index (χ1v) is 7.72. The maximum absolute atomic E-state index is 12.0. The van der Waals surface area contributed by atoms with E-state index < -0.39 is 15.8 Å². The van der Waals surface area contributed by atoms with Crippen molar-refractivity contribution in [3.8, 4) is 5.75 Å². The largest absolute Gasteiger partial charge is 0.495 e. The molecule has 0 radical (unpaired) electrons. The van der Waals surface area contributed by atoms with Gasteiger partial charge in [-0.1, -0.05) is 13.8 Å². The average Bonchev–Trinajstić information content (AvgIpc) is 2.71. The molecule has 0 unspecified atom stereocenters. The number of carbonyl (C=O) groups is 1. The summed E-state index contributed by atoms with van der Waals surface area (Å²) in [7, 11) is -2.02. The lowest BCUT2D eigenvalue weighted by molar-refractivity contribution is 0.0455. The van der Waals surface area contributed by atoms with E-state index in [0.29, 0.717) is 12.2 Å². The number of sulfone groups is 1. The second-order valence-electron chi connectivity index (χ2n) is 4.90. The van der Waals surface area contributed by atoms with Crippen LogP contribution in [0.2, 0.25) is 0 Å². The fourth-order valence-electron chi connectivity index (χ4n) is 1.92. The number of hydrogen-bond acceptors (Lipinski definition) is 5. The van der Waals surface area contributed by atoms with Crippen molar-refractivity contribution >= 4 is 21.9 Å². The topological polar surface area (TPSA) is 69.7 Å². The standard InChI is InChI=1S/C14H16O5S/c1-9(2)8-19-14(15)11-4-5-12-10(13(11)18-3)6-7-20(12,16)17/h4-7,9H,8H2,1-3H3. The Morgan fingerprint density at radius 1 is 1.30 bits per heavy atom. The van der Waals surface area contributed by atoms with Crippen molar-refractivity contribution in [1.82, 2.24) is 0 Å². The molecule has 6 heteroatoms. The highest BCUT2D eigenvalue weighted by molar-refractivity contribution is 7.94. The molecule has 2 rings (SSSR count). The number of benzene rings is 1. The van der Waals surface area contributed by atoms with Gasteiger partial charge in [0.2, 0.25) is 9.84 Å². The molecule has 0 aromatic heterocycles. The molecule has 1 aliphatic rings. The van der Waals surface area contributed by atoms with Crippen molar-refractivity contribution in [3.05, 3.63) is 28.7 Å². The van der Waals surface area contributed by atoms with Crippen LogP contribution in [0.15, 0.2) is 22.4 Å². The van der Waals surface area contributed by atoms with Gasteiger partial charge in [-0.3, -0.25) is 0 Å². The van der Waals surface area contributed by atoms with Crippen molar-refractivity contribution < 1.29 is 22.7 Å². The molecule has 0 bridgehead atoms. The van der Waals surface area contributed by atoms with Crippen LogP contribution in [0.25, 0.3) is 6.08 Å². The molecule has 108 valence electrons. The maximum atomic E-state index is 12.0. The second-order valence-corrected chi connectivity index (χ2v) is 6.70. The van der Waals surface area contributed by atoms with Crippen LogP contribution >= 0.6 is 0 Å². The highest BCUT2D eigenvalue weighted by Gasteiger charge is 2.27. The lowest BCUT2D eigenvalue weighted by atomic mass is 10.1. The molecule has 1 aromatic rings. The Balaban J connectivity index is 2.42. The van der Waals surface area contributed by atoms with E-state index in [0.717, 1.165) is 5.41 Å². The molecule has 0 amide bonds. The van der Waals surface area contributed by atoms with E-state index in [4.69, 9.17) is 9.47 Å². The summed E-state index contributed by atoms with van der Waals surface area (Å²) >= 11 is 0. The summed E-state index contributed by atoms with van der Waals surface area (Å²) in [6.45, 7) is 4.16. The van der Waals surface area contributed by atoms with Crippen molar-refractivity contribution in [1.29, 1.82) is 0 Å². The summed E-state index contributed by atoms with van der Waals surface area (Å²) in [6.07, 6.45) is 1.43. The van der Waals surface area contributed by atoms with Gasteiger partial charge in [0, 0.05) is 11.0 Å². The summed E-state index contributed by atoms with van der Waals surface area (Å²) in [5.41, 5.74) is 0.625. The third-order valence-corrected chi connectivity index (χ3v) is 4.31. The average molecular weight is 296 g/mol. The van der Waals surface area contributed by atoms with Crippen LogP contribution in [0.3, 0.4) is 0 Å². The molecule has 0 saturated heterocycles. The summed E-state index contributed by atoms with van der Waals surface area (Å²) in [6, 6.07) is 2.82. The SMILES string of the molecule is COc1c(C(=O)OCC(C)C)ccc2c1C=CS2(=O)=O. The minimum absolute atomic E-state index is 0.148. The number of esters is 1. The van der Waals surface area contributed by atoms with E-state index in [9.17, 15) is 13.2 Å². The first-order valence-electron chi connectivity index (χ1n) is 6.18. The molecule has 1 aliphatic heterocycles. The molecule has 1 aromatic carbocycles. The van der Waals surface area contributed by atoms with E-state index in [1.54, 1.807) is 0 Å². The molecule has 0 aliphatic carbocycles. The van der Waals surface area contributed by atoms with Gasteiger partial charge in [-0.2, -0.15) is 0 Å². The highest BCUT2D eigenvalue weighted by Crippen LogP contribution is 2.36. The summed E-state index contributed by atoms with van der Waals surface area (Å²) in [5.74, 6) is -0.0655. The quantitative estimate of drug-likeness (QED) is 0.797. The fourth-order valence-corrected chi connectivity index (χ4v) is 3.11. The Morgan fingerprint density at radius 2 is 2.00 bits per heavy atom. The van der Waals surface area contributed by atoms with Gasteiger partial charge in [-0.05, 0) is 24.1 Å². The Bertz CT molecular complexity index is 671. The lowest BCUT2D eigenvalue weighted by Gasteiger charge is -2.12. The molecular weight excluding hydrogens is 280 g/mol. The summed E-state index contributed by atoms with van der Waals surface area (Å²) in [4.78, 5) is 12.2. The van der Waals surface area contributed by atoms with E-state index >= 15 is 0 Å². The van der Waals surface area contributed by atoms with Crippen LogP contribution in [0.5, 0.6) is 5.75 Å². The maximum Gasteiger partial charge on any atom is 0.341 e. The molecule has 1 heterocycles. The third kappa shape index (κ3) is 2.56. The van der Waals surface area contributed by atoms with Gasteiger partial charge in [-0.25, -0.2) is 13.2 Å². The molecule has 0 saturated carbocycles. The van der Waals surface area contributed by atoms with Gasteiger partial charge in [0.1, 0.15) is 11.3 Å². The van der Waals surface area contributed by atoms with Crippen LogP contribution in [0.4, 0.5) is 0 Å². The fraction of sp³-hybridized carbons (Fsp3) is 0.357. The number of ether oxygens (including phenoxy) is 2. The van der Waals surface area contributed by atoms with Crippen LogP contribution in [0, 0.1) is 5.92 Å². The third-order valence-electron chi connectivity index (χ3n) is 2.85.